The smallest absolute Gasteiger partial charge is 0.263 e. The molecule has 0 unspecified atom stereocenters. The number of hydrogen-bond acceptors (Lipinski definition) is 7. The fourth-order valence-electron chi connectivity index (χ4n) is 2.91. The molecule has 0 aliphatic rings. The highest BCUT2D eigenvalue weighted by Gasteiger charge is 2.24. The summed E-state index contributed by atoms with van der Waals surface area (Å²) in [6.45, 7) is -0.559. The zero-order valence-electron chi connectivity index (χ0n) is 18.1. The second kappa shape index (κ2) is 10.3. The highest BCUT2D eigenvalue weighted by Crippen LogP contribution is 2.32. The molecule has 180 valence electrons. The lowest BCUT2D eigenvalue weighted by Gasteiger charge is -2.24. The van der Waals surface area contributed by atoms with Gasteiger partial charge in [0.25, 0.3) is 10.0 Å². The second-order valence-electron chi connectivity index (χ2n) is 6.98. The normalized spacial score (nSPS) is 11.5. The van der Waals surface area contributed by atoms with Crippen LogP contribution in [-0.2, 0) is 24.8 Å². The van der Waals surface area contributed by atoms with E-state index in [-0.39, 0.29) is 32.9 Å². The van der Waals surface area contributed by atoms with E-state index in [0.717, 1.165) is 10.6 Å². The summed E-state index contributed by atoms with van der Waals surface area (Å²) >= 11 is 6.00. The average molecular weight is 525 g/mol. The average Bonchev–Trinajstić information content (AvgIpc) is 2.77. The minimum atomic E-state index is -3.88. The van der Waals surface area contributed by atoms with Gasteiger partial charge in [-0.2, -0.15) is 0 Å². The number of ether oxygens (including phenoxy) is 1. The number of amides is 1. The molecule has 34 heavy (non-hydrogen) atoms. The number of anilines is 3. The molecule has 0 atom stereocenters. The molecular formula is C21H21ClN4O6S2. The van der Waals surface area contributed by atoms with Gasteiger partial charge in [-0.25, -0.2) is 21.8 Å². The summed E-state index contributed by atoms with van der Waals surface area (Å²) in [7, 11) is -6.39. The Morgan fingerprint density at radius 2 is 1.76 bits per heavy atom. The molecule has 2 N–H and O–H groups in total. The van der Waals surface area contributed by atoms with E-state index < -0.39 is 32.5 Å². The van der Waals surface area contributed by atoms with Crippen molar-refractivity contribution in [2.24, 2.45) is 0 Å². The third-order valence-corrected chi connectivity index (χ3v) is 7.18. The van der Waals surface area contributed by atoms with Crippen LogP contribution in [0.15, 0.2) is 71.8 Å². The third kappa shape index (κ3) is 6.37. The zero-order valence-corrected chi connectivity index (χ0v) is 20.5. The predicted octanol–water partition coefficient (Wildman–Crippen LogP) is 2.95. The Bertz CT molecular complexity index is 1380. The van der Waals surface area contributed by atoms with Crippen molar-refractivity contribution in [2.75, 3.05) is 34.3 Å². The molecule has 0 saturated heterocycles. The van der Waals surface area contributed by atoms with Gasteiger partial charge in [0.05, 0.1) is 23.9 Å². The summed E-state index contributed by atoms with van der Waals surface area (Å²) in [6.07, 6.45) is 2.41. The van der Waals surface area contributed by atoms with Crippen molar-refractivity contribution >= 4 is 54.7 Å². The standard InChI is InChI=1S/C21H21ClN4O6S2/c1-32-19-11-6-15(22)13-18(19)26(33(2,28)29)14-21(27)24-16-7-9-17(10-8-16)34(30,31)25-20-5-3-4-12-23-20/h3-13H,14H2,1-2H3,(H,23,25)(H,24,27). The van der Waals surface area contributed by atoms with Crippen LogP contribution in [0.5, 0.6) is 5.75 Å². The largest absolute Gasteiger partial charge is 0.495 e. The Morgan fingerprint density at radius 3 is 2.35 bits per heavy atom. The van der Waals surface area contributed by atoms with E-state index in [2.05, 4.69) is 15.0 Å². The first-order valence-corrected chi connectivity index (χ1v) is 13.4. The number of carbonyl (C=O) groups is 1. The number of pyridine rings is 1. The van der Waals surface area contributed by atoms with Crippen LogP contribution in [0.4, 0.5) is 17.2 Å². The molecule has 1 aromatic heterocycles. The monoisotopic (exact) mass is 524 g/mol. The SMILES string of the molecule is COc1ccc(Cl)cc1N(CC(=O)Nc1ccc(S(=O)(=O)Nc2ccccn2)cc1)S(C)(=O)=O. The summed E-state index contributed by atoms with van der Waals surface area (Å²) in [5.74, 6) is -0.274. The van der Waals surface area contributed by atoms with Gasteiger partial charge in [0.1, 0.15) is 18.1 Å². The predicted molar refractivity (Wildman–Crippen MR) is 130 cm³/mol. The molecule has 13 heteroatoms. The number of benzene rings is 2. The van der Waals surface area contributed by atoms with E-state index in [0.29, 0.717) is 0 Å². The molecule has 3 rings (SSSR count). The van der Waals surface area contributed by atoms with Gasteiger partial charge in [-0.15, -0.1) is 0 Å². The van der Waals surface area contributed by atoms with Gasteiger partial charge < -0.3 is 10.1 Å². The molecule has 0 spiro atoms. The Balaban J connectivity index is 1.75. The lowest BCUT2D eigenvalue weighted by molar-refractivity contribution is -0.114. The van der Waals surface area contributed by atoms with Crippen LogP contribution >= 0.6 is 11.6 Å². The van der Waals surface area contributed by atoms with Crippen molar-refractivity contribution in [3.8, 4) is 5.75 Å². The quantitative estimate of drug-likeness (QED) is 0.439. The van der Waals surface area contributed by atoms with E-state index in [1.54, 1.807) is 12.1 Å². The number of nitrogens with zero attached hydrogens (tertiary/aromatic N) is 2. The summed E-state index contributed by atoms with van der Waals surface area (Å²) in [4.78, 5) is 16.5. The molecule has 0 bridgehead atoms. The summed E-state index contributed by atoms with van der Waals surface area (Å²) < 4.78 is 58.2. The molecule has 10 nitrogen and oxygen atoms in total. The Morgan fingerprint density at radius 1 is 1.06 bits per heavy atom. The van der Waals surface area contributed by atoms with Crippen molar-refractivity contribution in [1.82, 2.24) is 4.98 Å². The number of nitrogens with one attached hydrogen (secondary N) is 2. The van der Waals surface area contributed by atoms with Crippen molar-refractivity contribution in [3.63, 3.8) is 0 Å². The minimum Gasteiger partial charge on any atom is -0.495 e. The Hall–Kier alpha value is -3.35. The fourth-order valence-corrected chi connectivity index (χ4v) is 4.93. The maximum Gasteiger partial charge on any atom is 0.263 e. The van der Waals surface area contributed by atoms with Gasteiger partial charge in [-0.1, -0.05) is 17.7 Å². The molecule has 0 fully saturated rings. The molecule has 1 heterocycles. The van der Waals surface area contributed by atoms with E-state index in [9.17, 15) is 21.6 Å². The molecule has 0 aliphatic carbocycles. The topological polar surface area (TPSA) is 135 Å². The first kappa shape index (κ1) is 25.3. The maximum atomic E-state index is 12.6. The second-order valence-corrected chi connectivity index (χ2v) is 11.0. The lowest BCUT2D eigenvalue weighted by Crippen LogP contribution is -2.37. The van der Waals surface area contributed by atoms with Gasteiger partial charge in [0.2, 0.25) is 15.9 Å². The van der Waals surface area contributed by atoms with Crippen LogP contribution in [0.2, 0.25) is 5.02 Å². The highest BCUT2D eigenvalue weighted by molar-refractivity contribution is 7.92. The van der Waals surface area contributed by atoms with Crippen LogP contribution in [0, 0.1) is 0 Å². The van der Waals surface area contributed by atoms with E-state index in [4.69, 9.17) is 16.3 Å². The summed E-state index contributed by atoms with van der Waals surface area (Å²) in [5, 5.41) is 2.81. The molecule has 2 aromatic carbocycles. The summed E-state index contributed by atoms with van der Waals surface area (Å²) in [5.41, 5.74) is 0.378. The van der Waals surface area contributed by atoms with Crippen LogP contribution in [0.3, 0.4) is 0 Å². The molecule has 0 aliphatic heterocycles. The van der Waals surface area contributed by atoms with E-state index in [1.165, 1.54) is 61.8 Å². The molecule has 3 aromatic rings. The first-order chi connectivity index (χ1) is 16.0. The molecule has 0 saturated carbocycles. The number of hydrogen-bond donors (Lipinski definition) is 2. The van der Waals surface area contributed by atoms with Crippen molar-refractivity contribution in [2.45, 2.75) is 4.90 Å². The number of aromatic nitrogens is 1. The van der Waals surface area contributed by atoms with E-state index in [1.807, 2.05) is 0 Å². The van der Waals surface area contributed by atoms with Crippen LogP contribution < -0.4 is 19.1 Å². The Kier molecular flexibility index (Phi) is 7.64. The van der Waals surface area contributed by atoms with Crippen LogP contribution in [-0.4, -0.2) is 47.6 Å². The van der Waals surface area contributed by atoms with E-state index >= 15 is 0 Å². The van der Waals surface area contributed by atoms with Gasteiger partial charge in [-0.3, -0.25) is 13.8 Å². The number of carbonyl (C=O) groups excluding carboxylic acids is 1. The first-order valence-electron chi connectivity index (χ1n) is 9.64. The molecule has 0 radical (unpaired) electrons. The number of rotatable bonds is 9. The molecular weight excluding hydrogens is 504 g/mol. The van der Waals surface area contributed by atoms with Crippen molar-refractivity contribution in [3.05, 3.63) is 71.9 Å². The van der Waals surface area contributed by atoms with Gasteiger partial charge in [0, 0.05) is 16.9 Å². The van der Waals surface area contributed by atoms with Gasteiger partial charge in [0.15, 0.2) is 0 Å². The number of halogens is 1. The third-order valence-electron chi connectivity index (χ3n) is 4.45. The lowest BCUT2D eigenvalue weighted by atomic mass is 10.3. The number of sulfonamides is 2. The van der Waals surface area contributed by atoms with Crippen molar-refractivity contribution < 1.29 is 26.4 Å². The molecule has 1 amide bonds. The van der Waals surface area contributed by atoms with Gasteiger partial charge >= 0.3 is 0 Å². The number of methoxy groups -OCH3 is 1. The summed E-state index contributed by atoms with van der Waals surface area (Å²) in [6, 6.07) is 14.6. The minimum absolute atomic E-state index is 0.0439. The fraction of sp³-hybridized carbons (Fsp3) is 0.143. The van der Waals surface area contributed by atoms with Crippen LogP contribution in [0.1, 0.15) is 0 Å². The zero-order chi connectivity index (χ0) is 24.9. The maximum absolute atomic E-state index is 12.6. The van der Waals surface area contributed by atoms with Gasteiger partial charge in [-0.05, 0) is 54.6 Å². The Labute approximate surface area is 202 Å². The van der Waals surface area contributed by atoms with Crippen molar-refractivity contribution in [1.29, 1.82) is 0 Å². The highest BCUT2D eigenvalue weighted by atomic mass is 35.5. The van der Waals surface area contributed by atoms with Crippen LogP contribution in [0.25, 0.3) is 0 Å².